The topological polar surface area (TPSA) is 612 Å². The van der Waals surface area contributed by atoms with Crippen molar-refractivity contribution < 1.29 is 178 Å². The van der Waals surface area contributed by atoms with E-state index in [-0.39, 0.29) is 0 Å². The molecule has 0 aliphatic carbocycles. The number of rotatable bonds is 22. The van der Waals surface area contributed by atoms with Gasteiger partial charge in [-0.2, -0.15) is 0 Å². The van der Waals surface area contributed by atoms with Crippen LogP contribution in [0.1, 0.15) is 20.8 Å². The SMILES string of the molecule is CC(=O)N[C@H]1[C@H](O[C@H]2[C@@H](O)[C@@H](CO[C@@H]3O[C@H](CO)[C@@H](O[C@@H]4O[C@H](CO)[C@H](O)[C@H](O)[C@H]4O)[C@@H](O)[C@H]3NC(C)=O)O[C@@H](O[C@H]3[C@H](O)[C@@H](NC(C)=O)[C@H](O[C@@H]4[C@@H](O)[C@H](O)O[C@H](CO)[C@@H]4O)O[C@@H]3CO)[C@@H]2O)O[C@H](CO)[C@@H](O[C@@H]2O[C@H](CO)[C@H](O)[C@@H](O)[C@H]2O)[C@@H]1O. The number of ether oxygens (including phenoxy) is 13. The third-order valence-electron chi connectivity index (χ3n) is 15.7. The van der Waals surface area contributed by atoms with Crippen LogP contribution in [0.25, 0.3) is 0 Å². The Bertz CT molecular complexity index is 2190. The first-order valence-electron chi connectivity index (χ1n) is 27.6. The number of aliphatic hydroxyl groups excluding tert-OH is 20. The second-order valence-corrected chi connectivity index (χ2v) is 21.8. The number of aliphatic hydroxyl groups is 20. The fourth-order valence-electron chi connectivity index (χ4n) is 11.1. The molecular formula is C48H81N3O36. The molecule has 7 heterocycles. The Hall–Kier alpha value is -2.91. The van der Waals surface area contributed by atoms with Gasteiger partial charge in [-0.1, -0.05) is 0 Å². The molecule has 7 saturated heterocycles. The Morgan fingerprint density at radius 2 is 0.586 bits per heavy atom. The number of hydrogen-bond donors (Lipinski definition) is 23. The van der Waals surface area contributed by atoms with Crippen LogP contribution >= 0.6 is 0 Å². The second-order valence-electron chi connectivity index (χ2n) is 21.8. The Balaban J connectivity index is 1.20. The quantitative estimate of drug-likeness (QED) is 0.0479. The first-order valence-corrected chi connectivity index (χ1v) is 27.6. The van der Waals surface area contributed by atoms with Crippen LogP contribution < -0.4 is 16.0 Å². The maximum absolute atomic E-state index is 12.8. The van der Waals surface area contributed by atoms with Crippen molar-refractivity contribution >= 4 is 17.7 Å². The first-order chi connectivity index (χ1) is 41.1. The molecule has 7 fully saturated rings. The van der Waals surface area contributed by atoms with Crippen LogP contribution in [-0.4, -0.2) is 381 Å². The lowest BCUT2D eigenvalue weighted by Crippen LogP contribution is -2.71. The zero-order valence-corrected chi connectivity index (χ0v) is 46.6. The summed E-state index contributed by atoms with van der Waals surface area (Å²) in [5.41, 5.74) is 0. The smallest absolute Gasteiger partial charge is 0.217 e. The summed E-state index contributed by atoms with van der Waals surface area (Å²) in [7, 11) is 0. The van der Waals surface area contributed by atoms with Crippen LogP contribution in [0, 0.1) is 0 Å². The largest absolute Gasteiger partial charge is 0.394 e. The molecule has 3 amide bonds. The van der Waals surface area contributed by atoms with Gasteiger partial charge in [0.05, 0.1) is 46.2 Å². The van der Waals surface area contributed by atoms with Crippen LogP contribution in [0.5, 0.6) is 0 Å². The minimum absolute atomic E-state index is 0.848. The van der Waals surface area contributed by atoms with Gasteiger partial charge in [-0.05, 0) is 0 Å². The molecule has 7 aliphatic rings. The molecule has 0 aromatic heterocycles. The van der Waals surface area contributed by atoms with Crippen molar-refractivity contribution in [1.29, 1.82) is 0 Å². The summed E-state index contributed by atoms with van der Waals surface area (Å²) in [4.78, 5) is 38.1. The standard InChI is InChI=1S/C48H81N3O36/c1-11(58)49-21-28(65)37(83-46-33(70)31(68)24(61)14(4-52)77-46)17(7-55)79-43(21)75-10-20-27(64)41(87-45-23(51-13(3)60)29(66)38(18(8-56)81-45)84-47-34(71)32(69)25(62)15(5-53)78-47)36(73)48(82-20)85-39-19(9-57)80-44(22(30(39)67)50-12(2)59)86-40-26(63)16(6-54)76-42(74)35(40)72/h14-48,52-57,61-74H,4-10H2,1-3H3,(H,49,58)(H,50,59)(H,51,60)/t14-,15-,16-,17-,18-,19-,20-,21-,22-,23-,24+,25+,26+,27+,28+,29-,30-,31+,32-,33-,34-,35-,36-,37-,38-,39-,40+,41+,42-,43-,44+,45+,46+,47+,48+/m1/s1. The van der Waals surface area contributed by atoms with Crippen molar-refractivity contribution in [3.8, 4) is 0 Å². The van der Waals surface area contributed by atoms with E-state index in [0.717, 1.165) is 20.8 Å². The minimum atomic E-state index is -2.38. The van der Waals surface area contributed by atoms with Crippen LogP contribution in [0.3, 0.4) is 0 Å². The average molecular weight is 1280 g/mol. The van der Waals surface area contributed by atoms with Gasteiger partial charge in [0.25, 0.3) is 0 Å². The van der Waals surface area contributed by atoms with E-state index in [0.29, 0.717) is 0 Å². The molecule has 87 heavy (non-hydrogen) atoms. The molecule has 39 heteroatoms. The molecule has 0 aromatic carbocycles. The molecule has 23 N–H and O–H groups in total. The van der Waals surface area contributed by atoms with Crippen molar-refractivity contribution in [3.05, 3.63) is 0 Å². The van der Waals surface area contributed by atoms with E-state index in [4.69, 9.17) is 61.6 Å². The number of hydrogen-bond acceptors (Lipinski definition) is 36. The summed E-state index contributed by atoms with van der Waals surface area (Å²) < 4.78 is 75.2. The minimum Gasteiger partial charge on any atom is -0.394 e. The predicted molar refractivity (Wildman–Crippen MR) is 267 cm³/mol. The van der Waals surface area contributed by atoms with E-state index in [2.05, 4.69) is 16.0 Å². The monoisotopic (exact) mass is 1280 g/mol. The third-order valence-corrected chi connectivity index (χ3v) is 15.7. The molecule has 39 nitrogen and oxygen atoms in total. The van der Waals surface area contributed by atoms with Crippen LogP contribution in [0.4, 0.5) is 0 Å². The van der Waals surface area contributed by atoms with Gasteiger partial charge in [0.2, 0.25) is 17.7 Å². The van der Waals surface area contributed by atoms with Gasteiger partial charge in [-0.15, -0.1) is 0 Å². The van der Waals surface area contributed by atoms with Crippen molar-refractivity contribution in [1.82, 2.24) is 16.0 Å². The fraction of sp³-hybridized carbons (Fsp3) is 0.938. The Morgan fingerprint density at radius 3 is 0.954 bits per heavy atom. The molecule has 0 radical (unpaired) electrons. The molecular weight excluding hydrogens is 1190 g/mol. The fourth-order valence-corrected chi connectivity index (χ4v) is 11.1. The van der Waals surface area contributed by atoms with Gasteiger partial charge in [-0.3, -0.25) is 14.4 Å². The number of amides is 3. The summed E-state index contributed by atoms with van der Waals surface area (Å²) in [6.07, 6.45) is -62.3. The first kappa shape index (κ1) is 71.5. The molecule has 7 aliphatic heterocycles. The van der Waals surface area contributed by atoms with Crippen LogP contribution in [-0.2, 0) is 76.0 Å². The van der Waals surface area contributed by atoms with E-state index in [9.17, 15) is 117 Å². The summed E-state index contributed by atoms with van der Waals surface area (Å²) in [6, 6.07) is -5.43. The summed E-state index contributed by atoms with van der Waals surface area (Å²) in [6.45, 7) is -3.98. The van der Waals surface area contributed by atoms with Gasteiger partial charge in [0.15, 0.2) is 44.0 Å². The van der Waals surface area contributed by atoms with Crippen molar-refractivity contribution in [2.45, 2.75) is 236 Å². The maximum atomic E-state index is 12.8. The van der Waals surface area contributed by atoms with E-state index < -0.39 is 279 Å². The number of nitrogens with one attached hydrogen (secondary N) is 3. The lowest BCUT2D eigenvalue weighted by molar-refractivity contribution is -0.385. The molecule has 0 spiro atoms. The summed E-state index contributed by atoms with van der Waals surface area (Å²) >= 11 is 0. The van der Waals surface area contributed by atoms with Gasteiger partial charge in [0.1, 0.15) is 171 Å². The van der Waals surface area contributed by atoms with E-state index in [1.165, 1.54) is 0 Å². The normalized spacial score (nSPS) is 48.9. The second kappa shape index (κ2) is 31.1. The van der Waals surface area contributed by atoms with Crippen molar-refractivity contribution in [3.63, 3.8) is 0 Å². The Labute approximate surface area is 492 Å². The molecule has 504 valence electrons. The average Bonchev–Trinajstić information content (AvgIpc) is 1.40. The van der Waals surface area contributed by atoms with Crippen LogP contribution in [0.15, 0.2) is 0 Å². The zero-order chi connectivity index (χ0) is 64.2. The van der Waals surface area contributed by atoms with Gasteiger partial charge >= 0.3 is 0 Å². The van der Waals surface area contributed by atoms with Gasteiger partial charge in [-0.25, -0.2) is 0 Å². The highest BCUT2D eigenvalue weighted by molar-refractivity contribution is 5.74. The van der Waals surface area contributed by atoms with Gasteiger partial charge in [0, 0.05) is 20.8 Å². The Kier molecular flexibility index (Phi) is 25.6. The maximum Gasteiger partial charge on any atom is 0.217 e. The molecule has 0 unspecified atom stereocenters. The van der Waals surface area contributed by atoms with E-state index in [1.54, 1.807) is 0 Å². The van der Waals surface area contributed by atoms with E-state index >= 15 is 0 Å². The summed E-state index contributed by atoms with van der Waals surface area (Å²) in [5, 5.41) is 223. The number of carbonyl (C=O) groups is 3. The highest BCUT2D eigenvalue weighted by Crippen LogP contribution is 2.37. The predicted octanol–water partition coefficient (Wildman–Crippen LogP) is -15.8. The van der Waals surface area contributed by atoms with Crippen molar-refractivity contribution in [2.75, 3.05) is 46.2 Å². The highest BCUT2D eigenvalue weighted by Gasteiger charge is 2.59. The lowest BCUT2D eigenvalue weighted by Gasteiger charge is -2.51. The molecule has 35 atom stereocenters. The lowest BCUT2D eigenvalue weighted by atomic mass is 9.93. The molecule has 0 saturated carbocycles. The zero-order valence-electron chi connectivity index (χ0n) is 46.6. The van der Waals surface area contributed by atoms with Crippen molar-refractivity contribution in [2.24, 2.45) is 0 Å². The third kappa shape index (κ3) is 15.8. The molecule has 0 aromatic rings. The molecule has 0 bridgehead atoms. The van der Waals surface area contributed by atoms with Crippen LogP contribution in [0.2, 0.25) is 0 Å². The Morgan fingerprint density at radius 1 is 0.299 bits per heavy atom. The summed E-state index contributed by atoms with van der Waals surface area (Å²) in [5.74, 6) is -2.63. The highest BCUT2D eigenvalue weighted by atomic mass is 16.8. The molecule has 7 rings (SSSR count). The number of carbonyl (C=O) groups excluding carboxylic acids is 3. The van der Waals surface area contributed by atoms with Gasteiger partial charge < -0.3 is 180 Å². The van der Waals surface area contributed by atoms with E-state index in [1.807, 2.05) is 0 Å².